The Hall–Kier alpha value is -1.13. The number of hydrogen-bond acceptors (Lipinski definition) is 2. The third-order valence-electron chi connectivity index (χ3n) is 2.34. The molecule has 15 heavy (non-hydrogen) atoms. The molecule has 0 saturated heterocycles. The second-order valence-electron chi connectivity index (χ2n) is 3.33. The van der Waals surface area contributed by atoms with E-state index in [2.05, 4.69) is 21.0 Å². The van der Waals surface area contributed by atoms with Gasteiger partial charge in [0.25, 0.3) is 0 Å². The fourth-order valence-corrected chi connectivity index (χ4v) is 1.99. The number of nitrogens with zero attached hydrogens (tertiary/aromatic N) is 2. The first-order chi connectivity index (χ1) is 7.22. The summed E-state index contributed by atoms with van der Waals surface area (Å²) in [7, 11) is 1.91. The number of benzene rings is 1. The lowest BCUT2D eigenvalue weighted by atomic mass is 10.1. The number of nitrogens with two attached hydrogens (primary N) is 1. The first-order valence-electron chi connectivity index (χ1n) is 4.70. The Balaban J connectivity index is 2.50. The fraction of sp³-hybridized carbons (Fsp3) is 0.182. The van der Waals surface area contributed by atoms with Crippen LogP contribution < -0.4 is 5.73 Å². The molecule has 0 atom stereocenters. The van der Waals surface area contributed by atoms with Crippen LogP contribution in [-0.4, -0.2) is 9.78 Å². The molecule has 0 spiro atoms. The molecule has 0 radical (unpaired) electrons. The maximum atomic E-state index is 5.61. The van der Waals surface area contributed by atoms with Gasteiger partial charge in [0.1, 0.15) is 0 Å². The van der Waals surface area contributed by atoms with Gasteiger partial charge in [-0.05, 0) is 12.1 Å². The van der Waals surface area contributed by atoms with Crippen molar-refractivity contribution in [1.82, 2.24) is 9.78 Å². The Kier molecular flexibility index (Phi) is 2.88. The first-order valence-corrected chi connectivity index (χ1v) is 5.49. The summed E-state index contributed by atoms with van der Waals surface area (Å²) in [6.07, 6.45) is 0. The molecule has 0 fully saturated rings. The summed E-state index contributed by atoms with van der Waals surface area (Å²) in [6.45, 7) is 0.508. The topological polar surface area (TPSA) is 43.8 Å². The molecule has 1 heterocycles. The maximum absolute atomic E-state index is 5.61. The Morgan fingerprint density at radius 3 is 2.73 bits per heavy atom. The van der Waals surface area contributed by atoms with E-state index in [4.69, 9.17) is 5.73 Å². The lowest BCUT2D eigenvalue weighted by Crippen LogP contribution is -2.03. The van der Waals surface area contributed by atoms with Gasteiger partial charge in [0.05, 0.1) is 11.4 Å². The summed E-state index contributed by atoms with van der Waals surface area (Å²) in [6, 6.07) is 10.0. The van der Waals surface area contributed by atoms with Crippen LogP contribution >= 0.6 is 15.9 Å². The Morgan fingerprint density at radius 2 is 2.13 bits per heavy atom. The van der Waals surface area contributed by atoms with Gasteiger partial charge in [-0.15, -0.1) is 0 Å². The van der Waals surface area contributed by atoms with Crippen molar-refractivity contribution in [3.63, 3.8) is 0 Å². The quantitative estimate of drug-likeness (QED) is 0.906. The standard InChI is InChI=1S/C11H12BrN3/c1-15-8(7-13)6-11(14-15)9-4-2-3-5-10(9)12/h2-6H,7,13H2,1H3. The van der Waals surface area contributed by atoms with Crippen molar-refractivity contribution in [2.24, 2.45) is 12.8 Å². The molecule has 0 aliphatic carbocycles. The zero-order valence-electron chi connectivity index (χ0n) is 8.44. The normalized spacial score (nSPS) is 10.6. The van der Waals surface area contributed by atoms with Gasteiger partial charge in [-0.25, -0.2) is 0 Å². The van der Waals surface area contributed by atoms with Crippen LogP contribution in [0.15, 0.2) is 34.8 Å². The summed E-state index contributed by atoms with van der Waals surface area (Å²) in [5.41, 5.74) is 8.68. The van der Waals surface area contributed by atoms with Crippen molar-refractivity contribution in [3.8, 4) is 11.3 Å². The van der Waals surface area contributed by atoms with Crippen LogP contribution in [0, 0.1) is 0 Å². The summed E-state index contributed by atoms with van der Waals surface area (Å²) < 4.78 is 2.86. The molecular formula is C11H12BrN3. The second-order valence-corrected chi connectivity index (χ2v) is 4.18. The highest BCUT2D eigenvalue weighted by Gasteiger charge is 2.08. The summed E-state index contributed by atoms with van der Waals surface area (Å²) in [4.78, 5) is 0. The molecule has 0 aliphatic heterocycles. The zero-order valence-corrected chi connectivity index (χ0v) is 10.0. The van der Waals surface area contributed by atoms with Crippen molar-refractivity contribution in [2.45, 2.75) is 6.54 Å². The van der Waals surface area contributed by atoms with Crippen molar-refractivity contribution in [2.75, 3.05) is 0 Å². The van der Waals surface area contributed by atoms with Gasteiger partial charge in [-0.2, -0.15) is 5.10 Å². The average Bonchev–Trinajstić information content (AvgIpc) is 2.60. The first kappa shape index (κ1) is 10.4. The van der Waals surface area contributed by atoms with E-state index in [1.54, 1.807) is 0 Å². The number of halogens is 1. The van der Waals surface area contributed by atoms with E-state index >= 15 is 0 Å². The molecule has 0 unspecified atom stereocenters. The van der Waals surface area contributed by atoms with Crippen LogP contribution in [-0.2, 0) is 13.6 Å². The molecular weight excluding hydrogens is 254 g/mol. The van der Waals surface area contributed by atoms with Gasteiger partial charge in [0.2, 0.25) is 0 Å². The van der Waals surface area contributed by atoms with Crippen molar-refractivity contribution < 1.29 is 0 Å². The minimum atomic E-state index is 0.508. The molecule has 1 aromatic heterocycles. The number of hydrogen-bond donors (Lipinski definition) is 1. The van der Waals surface area contributed by atoms with Crippen LogP contribution in [0.3, 0.4) is 0 Å². The predicted octanol–water partition coefficient (Wildman–Crippen LogP) is 2.31. The van der Waals surface area contributed by atoms with Gasteiger partial charge in [0.15, 0.2) is 0 Å². The molecule has 1 aromatic carbocycles. The summed E-state index contributed by atoms with van der Waals surface area (Å²) in [5, 5.41) is 4.42. The summed E-state index contributed by atoms with van der Waals surface area (Å²) >= 11 is 3.51. The number of aromatic nitrogens is 2. The van der Waals surface area contributed by atoms with Crippen LogP contribution in [0.25, 0.3) is 11.3 Å². The van der Waals surface area contributed by atoms with Crippen molar-refractivity contribution >= 4 is 15.9 Å². The Labute approximate surface area is 97.0 Å². The third-order valence-corrected chi connectivity index (χ3v) is 3.03. The van der Waals surface area contributed by atoms with E-state index in [0.717, 1.165) is 21.4 Å². The van der Waals surface area contributed by atoms with Crippen LogP contribution in [0.4, 0.5) is 0 Å². The van der Waals surface area contributed by atoms with E-state index in [9.17, 15) is 0 Å². The fourth-order valence-electron chi connectivity index (χ4n) is 1.50. The molecule has 4 heteroatoms. The van der Waals surface area contributed by atoms with Crippen LogP contribution in [0.5, 0.6) is 0 Å². The highest BCUT2D eigenvalue weighted by atomic mass is 79.9. The van der Waals surface area contributed by atoms with Gasteiger partial charge in [0, 0.05) is 23.6 Å². The SMILES string of the molecule is Cn1nc(-c2ccccc2Br)cc1CN. The minimum absolute atomic E-state index is 0.508. The van der Waals surface area contributed by atoms with Gasteiger partial charge >= 0.3 is 0 Å². The molecule has 2 rings (SSSR count). The van der Waals surface area contributed by atoms with Crippen molar-refractivity contribution in [3.05, 3.63) is 40.5 Å². The van der Waals surface area contributed by atoms with Gasteiger partial charge in [-0.1, -0.05) is 34.1 Å². The molecule has 0 saturated carbocycles. The van der Waals surface area contributed by atoms with E-state index in [1.807, 2.05) is 42.1 Å². The number of rotatable bonds is 2. The predicted molar refractivity (Wildman–Crippen MR) is 64.2 cm³/mol. The highest BCUT2D eigenvalue weighted by molar-refractivity contribution is 9.10. The Morgan fingerprint density at radius 1 is 1.40 bits per heavy atom. The second kappa shape index (κ2) is 4.16. The molecule has 0 aliphatic rings. The molecule has 3 nitrogen and oxygen atoms in total. The van der Waals surface area contributed by atoms with Crippen LogP contribution in [0.1, 0.15) is 5.69 Å². The molecule has 2 aromatic rings. The van der Waals surface area contributed by atoms with E-state index in [1.165, 1.54) is 0 Å². The average molecular weight is 266 g/mol. The van der Waals surface area contributed by atoms with Crippen LogP contribution in [0.2, 0.25) is 0 Å². The molecule has 0 bridgehead atoms. The number of aryl methyl sites for hydroxylation is 1. The van der Waals surface area contributed by atoms with Gasteiger partial charge < -0.3 is 5.73 Å². The molecule has 78 valence electrons. The van der Waals surface area contributed by atoms with Gasteiger partial charge in [-0.3, -0.25) is 4.68 Å². The lowest BCUT2D eigenvalue weighted by Gasteiger charge is -1.98. The lowest BCUT2D eigenvalue weighted by molar-refractivity contribution is 0.714. The smallest absolute Gasteiger partial charge is 0.0937 e. The van der Waals surface area contributed by atoms with E-state index < -0.39 is 0 Å². The minimum Gasteiger partial charge on any atom is -0.325 e. The zero-order chi connectivity index (χ0) is 10.8. The van der Waals surface area contributed by atoms with Crippen molar-refractivity contribution in [1.29, 1.82) is 0 Å². The molecule has 2 N–H and O–H groups in total. The third kappa shape index (κ3) is 1.96. The summed E-state index contributed by atoms with van der Waals surface area (Å²) in [5.74, 6) is 0. The Bertz CT molecular complexity index is 476. The van der Waals surface area contributed by atoms with E-state index in [0.29, 0.717) is 6.54 Å². The monoisotopic (exact) mass is 265 g/mol. The highest BCUT2D eigenvalue weighted by Crippen LogP contribution is 2.26. The maximum Gasteiger partial charge on any atom is 0.0937 e. The molecule has 0 amide bonds. The largest absolute Gasteiger partial charge is 0.325 e. The van der Waals surface area contributed by atoms with E-state index in [-0.39, 0.29) is 0 Å².